The van der Waals surface area contributed by atoms with Gasteiger partial charge in [0.05, 0.1) is 23.9 Å². The fraction of sp³-hybridized carbons (Fsp3) is 0.353. The average molecular weight is 360 g/mol. The van der Waals surface area contributed by atoms with E-state index < -0.39 is 9.84 Å². The summed E-state index contributed by atoms with van der Waals surface area (Å²) >= 11 is 0. The molecule has 1 N–H and O–H groups in total. The maximum atomic E-state index is 12.3. The number of carbonyl (C=O) groups excluding carboxylic acids is 1. The third-order valence-corrected chi connectivity index (χ3v) is 6.13. The zero-order valence-electron chi connectivity index (χ0n) is 14.1. The van der Waals surface area contributed by atoms with E-state index in [-0.39, 0.29) is 29.1 Å². The van der Waals surface area contributed by atoms with Crippen LogP contribution in [0.4, 0.5) is 11.5 Å². The summed E-state index contributed by atoms with van der Waals surface area (Å²) in [5, 5.41) is 2.81. The molecule has 132 valence electrons. The predicted molar refractivity (Wildman–Crippen MR) is 96.6 cm³/mol. The summed E-state index contributed by atoms with van der Waals surface area (Å²) in [5.74, 6) is 0.543. The molecule has 2 aromatic rings. The Bertz CT molecular complexity index is 881. The molecule has 0 saturated carbocycles. The Morgan fingerprint density at radius 1 is 1.24 bits per heavy atom. The first-order valence-electron chi connectivity index (χ1n) is 7.98. The normalized spacial score (nSPS) is 18.7. The molecule has 1 fully saturated rings. The molecule has 1 unspecified atom stereocenters. The lowest BCUT2D eigenvalue weighted by molar-refractivity contribution is 0.102. The lowest BCUT2D eigenvalue weighted by Gasteiger charge is -2.24. The maximum absolute atomic E-state index is 12.3. The van der Waals surface area contributed by atoms with Gasteiger partial charge in [-0.25, -0.2) is 18.4 Å². The number of carbonyl (C=O) groups is 1. The standard InChI is InChI=1S/C17H20N4O3S/c1-12-5-3-4-6-14(12)20-17(22)15-9-19-16(10-18-15)21(2)13-7-8-25(23,24)11-13/h3-6,9-10,13H,7-8,11H2,1-2H3,(H,20,22). The quantitative estimate of drug-likeness (QED) is 0.891. The Hall–Kier alpha value is -2.48. The second-order valence-corrected chi connectivity index (χ2v) is 8.43. The Kier molecular flexibility index (Phi) is 4.71. The molecule has 1 aromatic heterocycles. The van der Waals surface area contributed by atoms with Crippen molar-refractivity contribution in [3.8, 4) is 0 Å². The summed E-state index contributed by atoms with van der Waals surface area (Å²) < 4.78 is 23.2. The fourth-order valence-electron chi connectivity index (χ4n) is 2.79. The Labute approximate surface area is 147 Å². The monoisotopic (exact) mass is 360 g/mol. The van der Waals surface area contributed by atoms with Gasteiger partial charge in [-0.3, -0.25) is 4.79 Å². The lowest BCUT2D eigenvalue weighted by Crippen LogP contribution is -2.33. The van der Waals surface area contributed by atoms with E-state index in [0.29, 0.717) is 12.2 Å². The van der Waals surface area contributed by atoms with Crippen molar-refractivity contribution >= 4 is 27.2 Å². The minimum absolute atomic E-state index is 0.106. The van der Waals surface area contributed by atoms with Crippen molar-refractivity contribution in [1.29, 1.82) is 0 Å². The molecular weight excluding hydrogens is 340 g/mol. The van der Waals surface area contributed by atoms with Crippen molar-refractivity contribution in [2.24, 2.45) is 0 Å². The highest BCUT2D eigenvalue weighted by Crippen LogP contribution is 2.21. The predicted octanol–water partition coefficient (Wildman–Crippen LogP) is 1.66. The third-order valence-electron chi connectivity index (χ3n) is 4.38. The van der Waals surface area contributed by atoms with Crippen LogP contribution in [0.1, 0.15) is 22.5 Å². The van der Waals surface area contributed by atoms with Crippen molar-refractivity contribution < 1.29 is 13.2 Å². The van der Waals surface area contributed by atoms with Crippen LogP contribution >= 0.6 is 0 Å². The van der Waals surface area contributed by atoms with Gasteiger partial charge in [0.25, 0.3) is 5.91 Å². The molecule has 1 amide bonds. The van der Waals surface area contributed by atoms with E-state index >= 15 is 0 Å². The zero-order valence-corrected chi connectivity index (χ0v) is 15.0. The van der Waals surface area contributed by atoms with Crippen LogP contribution in [0.15, 0.2) is 36.7 Å². The summed E-state index contributed by atoms with van der Waals surface area (Å²) in [6.45, 7) is 1.91. The first-order valence-corrected chi connectivity index (χ1v) is 9.80. The zero-order chi connectivity index (χ0) is 18.0. The van der Waals surface area contributed by atoms with Crippen molar-refractivity contribution in [3.63, 3.8) is 0 Å². The topological polar surface area (TPSA) is 92.3 Å². The number of aromatic nitrogens is 2. The second kappa shape index (κ2) is 6.79. The molecule has 25 heavy (non-hydrogen) atoms. The number of benzene rings is 1. The van der Waals surface area contributed by atoms with Gasteiger partial charge in [-0.05, 0) is 25.0 Å². The SMILES string of the molecule is Cc1ccccc1NC(=O)c1cnc(N(C)C2CCS(=O)(=O)C2)cn1. The molecule has 0 bridgehead atoms. The van der Waals surface area contributed by atoms with Crippen LogP contribution in [0.25, 0.3) is 0 Å². The number of sulfone groups is 1. The van der Waals surface area contributed by atoms with Gasteiger partial charge in [-0.1, -0.05) is 18.2 Å². The Morgan fingerprint density at radius 2 is 2.00 bits per heavy atom. The number of hydrogen-bond donors (Lipinski definition) is 1. The van der Waals surface area contributed by atoms with Gasteiger partial charge >= 0.3 is 0 Å². The largest absolute Gasteiger partial charge is 0.354 e. The molecule has 1 aromatic carbocycles. The molecule has 1 saturated heterocycles. The van der Waals surface area contributed by atoms with E-state index in [2.05, 4.69) is 15.3 Å². The van der Waals surface area contributed by atoms with E-state index in [4.69, 9.17) is 0 Å². The second-order valence-electron chi connectivity index (χ2n) is 6.20. The molecular formula is C17H20N4O3S. The summed E-state index contributed by atoms with van der Waals surface area (Å²) in [6.07, 6.45) is 3.48. The molecule has 3 rings (SSSR count). The van der Waals surface area contributed by atoms with Gasteiger partial charge in [-0.2, -0.15) is 0 Å². The summed E-state index contributed by atoms with van der Waals surface area (Å²) in [6, 6.07) is 7.38. The highest BCUT2D eigenvalue weighted by atomic mass is 32.2. The van der Waals surface area contributed by atoms with Crippen LogP contribution in [0.5, 0.6) is 0 Å². The molecule has 0 aliphatic carbocycles. The average Bonchev–Trinajstić information content (AvgIpc) is 2.96. The molecule has 0 spiro atoms. The van der Waals surface area contributed by atoms with Crippen LogP contribution < -0.4 is 10.2 Å². The van der Waals surface area contributed by atoms with Crippen molar-refractivity contribution in [2.75, 3.05) is 28.8 Å². The lowest BCUT2D eigenvalue weighted by atomic mass is 10.2. The highest BCUT2D eigenvalue weighted by molar-refractivity contribution is 7.91. The first kappa shape index (κ1) is 17.3. The van der Waals surface area contributed by atoms with Gasteiger partial charge in [0, 0.05) is 18.8 Å². The smallest absolute Gasteiger partial charge is 0.275 e. The molecule has 0 radical (unpaired) electrons. The number of hydrogen-bond acceptors (Lipinski definition) is 6. The number of rotatable bonds is 4. The number of nitrogens with zero attached hydrogens (tertiary/aromatic N) is 3. The molecule has 8 heteroatoms. The van der Waals surface area contributed by atoms with Crippen molar-refractivity contribution in [3.05, 3.63) is 47.9 Å². The fourth-order valence-corrected chi connectivity index (χ4v) is 4.56. The maximum Gasteiger partial charge on any atom is 0.275 e. The minimum Gasteiger partial charge on any atom is -0.354 e. The number of para-hydroxylation sites is 1. The summed E-state index contributed by atoms with van der Waals surface area (Å²) in [5.41, 5.74) is 1.90. The van der Waals surface area contributed by atoms with Gasteiger partial charge in [-0.15, -0.1) is 0 Å². The first-order chi connectivity index (χ1) is 11.9. The highest BCUT2D eigenvalue weighted by Gasteiger charge is 2.31. The number of amides is 1. The minimum atomic E-state index is -2.96. The summed E-state index contributed by atoms with van der Waals surface area (Å²) in [4.78, 5) is 22.5. The van der Waals surface area contributed by atoms with E-state index in [9.17, 15) is 13.2 Å². The molecule has 1 aliphatic rings. The van der Waals surface area contributed by atoms with Crippen molar-refractivity contribution in [2.45, 2.75) is 19.4 Å². The number of nitrogens with one attached hydrogen (secondary N) is 1. The van der Waals surface area contributed by atoms with Crippen molar-refractivity contribution in [1.82, 2.24) is 9.97 Å². The Balaban J connectivity index is 1.69. The van der Waals surface area contributed by atoms with Crippen LogP contribution in [-0.4, -0.2) is 48.9 Å². The van der Waals surface area contributed by atoms with E-state index in [0.717, 1.165) is 11.3 Å². The van der Waals surface area contributed by atoms with Gasteiger partial charge in [0.15, 0.2) is 9.84 Å². The van der Waals surface area contributed by atoms with Crippen LogP contribution in [-0.2, 0) is 9.84 Å². The van der Waals surface area contributed by atoms with E-state index in [1.807, 2.05) is 31.2 Å². The molecule has 2 heterocycles. The molecule has 7 nitrogen and oxygen atoms in total. The van der Waals surface area contributed by atoms with Gasteiger partial charge in [0.2, 0.25) is 0 Å². The molecule has 1 atom stereocenters. The van der Waals surface area contributed by atoms with Gasteiger partial charge < -0.3 is 10.2 Å². The number of anilines is 2. The van der Waals surface area contributed by atoms with Crippen LogP contribution in [0.3, 0.4) is 0 Å². The van der Waals surface area contributed by atoms with E-state index in [1.165, 1.54) is 12.4 Å². The molecule has 1 aliphatic heterocycles. The Morgan fingerprint density at radius 3 is 2.60 bits per heavy atom. The van der Waals surface area contributed by atoms with Crippen LogP contribution in [0.2, 0.25) is 0 Å². The third kappa shape index (κ3) is 3.96. The van der Waals surface area contributed by atoms with E-state index in [1.54, 1.807) is 11.9 Å². The van der Waals surface area contributed by atoms with Gasteiger partial charge in [0.1, 0.15) is 11.5 Å². The number of aryl methyl sites for hydroxylation is 1. The van der Waals surface area contributed by atoms with Crippen LogP contribution in [0, 0.1) is 6.92 Å². The summed E-state index contributed by atoms with van der Waals surface area (Å²) in [7, 11) is -1.17.